The highest BCUT2D eigenvalue weighted by Gasteiger charge is 2.13. The SMILES string of the molecule is Cc1ccc(NC(=O)CSCC(=O)Nc2ccccc2C(=O)NCCC(N)=O)cc1. The van der Waals surface area contributed by atoms with E-state index in [-0.39, 0.29) is 41.8 Å². The minimum atomic E-state index is -0.514. The second-order valence-corrected chi connectivity index (χ2v) is 7.46. The van der Waals surface area contributed by atoms with Gasteiger partial charge in [-0.1, -0.05) is 29.8 Å². The third-order valence-electron chi connectivity index (χ3n) is 3.90. The van der Waals surface area contributed by atoms with Gasteiger partial charge in [-0.25, -0.2) is 0 Å². The first-order valence-corrected chi connectivity index (χ1v) is 10.4. The number of hydrogen-bond donors (Lipinski definition) is 4. The van der Waals surface area contributed by atoms with E-state index in [1.165, 1.54) is 11.8 Å². The molecule has 0 aliphatic rings. The molecule has 0 aliphatic heterocycles. The Morgan fingerprint density at radius 2 is 1.53 bits per heavy atom. The number of nitrogens with one attached hydrogen (secondary N) is 3. The lowest BCUT2D eigenvalue weighted by molar-refractivity contribution is -0.118. The van der Waals surface area contributed by atoms with E-state index in [1.54, 1.807) is 24.3 Å². The van der Waals surface area contributed by atoms with E-state index < -0.39 is 11.8 Å². The van der Waals surface area contributed by atoms with Gasteiger partial charge in [0.25, 0.3) is 5.91 Å². The van der Waals surface area contributed by atoms with Crippen molar-refractivity contribution in [3.8, 4) is 0 Å². The summed E-state index contributed by atoms with van der Waals surface area (Å²) in [5.41, 5.74) is 7.48. The predicted molar refractivity (Wildman–Crippen MR) is 118 cm³/mol. The van der Waals surface area contributed by atoms with Crippen LogP contribution in [0.1, 0.15) is 22.3 Å². The summed E-state index contributed by atoms with van der Waals surface area (Å²) in [4.78, 5) is 47.2. The first-order valence-electron chi connectivity index (χ1n) is 9.25. The second-order valence-electron chi connectivity index (χ2n) is 6.47. The number of para-hydroxylation sites is 1. The van der Waals surface area contributed by atoms with Gasteiger partial charge in [0.1, 0.15) is 0 Å². The molecule has 0 aromatic heterocycles. The first-order chi connectivity index (χ1) is 14.3. The monoisotopic (exact) mass is 428 g/mol. The summed E-state index contributed by atoms with van der Waals surface area (Å²) in [6.45, 7) is 2.07. The Balaban J connectivity index is 1.80. The van der Waals surface area contributed by atoms with Gasteiger partial charge < -0.3 is 21.7 Å². The van der Waals surface area contributed by atoms with Crippen LogP contribution in [0.2, 0.25) is 0 Å². The number of benzene rings is 2. The molecule has 0 unspecified atom stereocenters. The third kappa shape index (κ3) is 7.96. The molecule has 2 aromatic rings. The summed E-state index contributed by atoms with van der Waals surface area (Å²) >= 11 is 1.17. The quantitative estimate of drug-likeness (QED) is 0.459. The molecule has 4 amide bonds. The molecule has 0 radical (unpaired) electrons. The van der Waals surface area contributed by atoms with Crippen molar-refractivity contribution in [2.75, 3.05) is 28.7 Å². The van der Waals surface area contributed by atoms with Crippen LogP contribution < -0.4 is 21.7 Å². The van der Waals surface area contributed by atoms with Gasteiger partial charge in [0, 0.05) is 18.7 Å². The van der Waals surface area contributed by atoms with Crippen molar-refractivity contribution in [2.45, 2.75) is 13.3 Å². The summed E-state index contributed by atoms with van der Waals surface area (Å²) in [5, 5.41) is 8.02. The van der Waals surface area contributed by atoms with Crippen LogP contribution in [0.4, 0.5) is 11.4 Å². The number of amides is 4. The van der Waals surface area contributed by atoms with E-state index in [0.717, 1.165) is 5.56 Å². The maximum atomic E-state index is 12.3. The topological polar surface area (TPSA) is 130 Å². The maximum absolute atomic E-state index is 12.3. The fraction of sp³-hybridized carbons (Fsp3) is 0.238. The first kappa shape index (κ1) is 23.0. The molecule has 0 bridgehead atoms. The van der Waals surface area contributed by atoms with Crippen molar-refractivity contribution in [1.82, 2.24) is 5.32 Å². The van der Waals surface area contributed by atoms with E-state index in [0.29, 0.717) is 11.4 Å². The zero-order chi connectivity index (χ0) is 21.9. The molecule has 30 heavy (non-hydrogen) atoms. The predicted octanol–water partition coefficient (Wildman–Crippen LogP) is 1.91. The van der Waals surface area contributed by atoms with Crippen molar-refractivity contribution < 1.29 is 19.2 Å². The summed E-state index contributed by atoms with van der Waals surface area (Å²) in [5.74, 6) is -1.29. The van der Waals surface area contributed by atoms with Gasteiger partial charge >= 0.3 is 0 Å². The molecule has 0 saturated carbocycles. The third-order valence-corrected chi connectivity index (χ3v) is 4.84. The fourth-order valence-electron chi connectivity index (χ4n) is 2.44. The van der Waals surface area contributed by atoms with E-state index >= 15 is 0 Å². The standard InChI is InChI=1S/C21H24N4O4S/c1-14-6-8-15(9-7-14)24-19(27)12-30-13-20(28)25-17-5-3-2-4-16(17)21(29)23-11-10-18(22)26/h2-9H,10-13H2,1H3,(H2,22,26)(H,23,29)(H,24,27)(H,25,28). The van der Waals surface area contributed by atoms with Crippen LogP contribution >= 0.6 is 11.8 Å². The molecular weight excluding hydrogens is 404 g/mol. The molecule has 0 fully saturated rings. The van der Waals surface area contributed by atoms with Gasteiger partial charge in [-0.15, -0.1) is 11.8 Å². The number of hydrogen-bond acceptors (Lipinski definition) is 5. The van der Waals surface area contributed by atoms with Gasteiger partial charge in [0.2, 0.25) is 17.7 Å². The lowest BCUT2D eigenvalue weighted by atomic mass is 10.1. The number of anilines is 2. The lowest BCUT2D eigenvalue weighted by Gasteiger charge is -2.11. The molecule has 2 aromatic carbocycles. The average molecular weight is 429 g/mol. The number of aryl methyl sites for hydroxylation is 1. The molecule has 9 heteroatoms. The van der Waals surface area contributed by atoms with E-state index in [9.17, 15) is 19.2 Å². The number of carbonyl (C=O) groups excluding carboxylic acids is 4. The fourth-order valence-corrected chi connectivity index (χ4v) is 3.06. The van der Waals surface area contributed by atoms with Crippen molar-refractivity contribution in [1.29, 1.82) is 0 Å². The van der Waals surface area contributed by atoms with Crippen molar-refractivity contribution >= 4 is 46.8 Å². The second kappa shape index (κ2) is 11.6. The Bertz CT molecular complexity index is 915. The lowest BCUT2D eigenvalue weighted by Crippen LogP contribution is -2.29. The van der Waals surface area contributed by atoms with Gasteiger partial charge in [-0.3, -0.25) is 19.2 Å². The Hall–Kier alpha value is -3.33. The number of carbonyl (C=O) groups is 4. The minimum absolute atomic E-state index is 0.0293. The van der Waals surface area contributed by atoms with E-state index in [4.69, 9.17) is 5.73 Å². The van der Waals surface area contributed by atoms with Crippen molar-refractivity contribution in [2.24, 2.45) is 5.73 Å². The van der Waals surface area contributed by atoms with Crippen LogP contribution in [0.5, 0.6) is 0 Å². The summed E-state index contributed by atoms with van der Waals surface area (Å²) < 4.78 is 0. The normalized spacial score (nSPS) is 10.2. The van der Waals surface area contributed by atoms with Crippen LogP contribution in [-0.2, 0) is 14.4 Å². The highest BCUT2D eigenvalue weighted by Crippen LogP contribution is 2.16. The molecule has 0 heterocycles. The van der Waals surface area contributed by atoms with Gasteiger partial charge in [0.05, 0.1) is 22.8 Å². The smallest absolute Gasteiger partial charge is 0.253 e. The molecule has 0 saturated heterocycles. The largest absolute Gasteiger partial charge is 0.370 e. The zero-order valence-electron chi connectivity index (χ0n) is 16.6. The molecule has 0 spiro atoms. The van der Waals surface area contributed by atoms with Crippen molar-refractivity contribution in [3.63, 3.8) is 0 Å². The van der Waals surface area contributed by atoms with E-state index in [1.807, 2.05) is 31.2 Å². The van der Waals surface area contributed by atoms with Crippen LogP contribution in [0, 0.1) is 6.92 Å². The minimum Gasteiger partial charge on any atom is -0.370 e. The molecular formula is C21H24N4O4S. The number of thioether (sulfide) groups is 1. The molecule has 0 atom stereocenters. The summed E-state index contributed by atoms with van der Waals surface area (Å²) in [6, 6.07) is 14.0. The molecule has 5 N–H and O–H groups in total. The van der Waals surface area contributed by atoms with Crippen LogP contribution in [0.3, 0.4) is 0 Å². The zero-order valence-corrected chi connectivity index (χ0v) is 17.4. The average Bonchev–Trinajstić information content (AvgIpc) is 2.69. The summed E-state index contributed by atoms with van der Waals surface area (Å²) in [6.07, 6.45) is 0.0293. The van der Waals surface area contributed by atoms with Gasteiger partial charge in [-0.2, -0.15) is 0 Å². The number of nitrogens with two attached hydrogens (primary N) is 1. The number of primary amides is 1. The highest BCUT2D eigenvalue weighted by molar-refractivity contribution is 8.00. The molecule has 8 nitrogen and oxygen atoms in total. The van der Waals surface area contributed by atoms with Gasteiger partial charge in [0.15, 0.2) is 0 Å². The van der Waals surface area contributed by atoms with Gasteiger partial charge in [-0.05, 0) is 31.2 Å². The van der Waals surface area contributed by atoms with Crippen molar-refractivity contribution in [3.05, 3.63) is 59.7 Å². The molecule has 2 rings (SSSR count). The maximum Gasteiger partial charge on any atom is 0.253 e. The number of rotatable bonds is 10. The van der Waals surface area contributed by atoms with Crippen LogP contribution in [-0.4, -0.2) is 41.7 Å². The van der Waals surface area contributed by atoms with Crippen LogP contribution in [0.15, 0.2) is 48.5 Å². The van der Waals surface area contributed by atoms with E-state index in [2.05, 4.69) is 16.0 Å². The Morgan fingerprint density at radius 3 is 2.20 bits per heavy atom. The molecule has 158 valence electrons. The molecule has 0 aliphatic carbocycles. The Labute approximate surface area is 179 Å². The summed E-state index contributed by atoms with van der Waals surface area (Å²) in [7, 11) is 0. The Kier molecular flexibility index (Phi) is 8.89. The van der Waals surface area contributed by atoms with Crippen LogP contribution in [0.25, 0.3) is 0 Å². The Morgan fingerprint density at radius 1 is 0.900 bits per heavy atom. The highest BCUT2D eigenvalue weighted by atomic mass is 32.2.